The smallest absolute Gasteiger partial charge is 0.759 e. The van der Waals surface area contributed by atoms with Gasteiger partial charge in [-0.2, -0.15) is 0 Å². The molecule has 2 aromatic rings. The molecule has 2 N–H and O–H groups in total. The second-order valence-electron chi connectivity index (χ2n) is 6.87. The normalized spacial score (nSPS) is 12.5. The van der Waals surface area contributed by atoms with E-state index in [0.717, 1.165) is 0 Å². The summed E-state index contributed by atoms with van der Waals surface area (Å²) in [5.41, 5.74) is 1.09. The molecule has 0 bridgehead atoms. The van der Waals surface area contributed by atoms with E-state index in [0.29, 0.717) is 11.4 Å². The van der Waals surface area contributed by atoms with Crippen molar-refractivity contribution in [2.24, 2.45) is 9.98 Å². The van der Waals surface area contributed by atoms with Gasteiger partial charge in [0.1, 0.15) is 11.5 Å². The SMILES string of the molecule is CCOC(=O)/C(C([S-])=Nc1ccccc1)=C(\C)O.CCOC(=O)/C(C([S-])=Nc1ccccc1)=C(\C)O.[Co+2]. The minimum absolute atomic E-state index is 0. The van der Waals surface area contributed by atoms with Gasteiger partial charge in [0.05, 0.1) is 35.7 Å². The van der Waals surface area contributed by atoms with Gasteiger partial charge in [-0.25, -0.2) is 9.59 Å². The zero-order chi connectivity index (χ0) is 27.1. The summed E-state index contributed by atoms with van der Waals surface area (Å²) in [5.74, 6) is -1.72. The van der Waals surface area contributed by atoms with Gasteiger partial charge < -0.3 is 44.9 Å². The molecule has 0 unspecified atom stereocenters. The monoisotopic (exact) mass is 587 g/mol. The number of hydrogen-bond acceptors (Lipinski definition) is 10. The molecule has 2 rings (SSSR count). The molecule has 11 heteroatoms. The second-order valence-corrected chi connectivity index (χ2v) is 7.64. The average Bonchev–Trinajstić information content (AvgIpc) is 2.81. The van der Waals surface area contributed by atoms with Gasteiger partial charge in [0.15, 0.2) is 0 Å². The third kappa shape index (κ3) is 12.0. The van der Waals surface area contributed by atoms with Crippen LogP contribution in [0.25, 0.3) is 0 Å². The number of esters is 2. The second kappa shape index (κ2) is 18.1. The molecule has 2 aromatic carbocycles. The molecular formula is C26H28CoN2O6S2. The van der Waals surface area contributed by atoms with Crippen molar-refractivity contribution in [1.82, 2.24) is 0 Å². The van der Waals surface area contributed by atoms with Crippen molar-refractivity contribution in [2.75, 3.05) is 13.2 Å². The fraction of sp³-hybridized carbons (Fsp3) is 0.231. The summed E-state index contributed by atoms with van der Waals surface area (Å²) in [5, 5.41) is 19.0. The Kier molecular flexibility index (Phi) is 16.5. The first kappa shape index (κ1) is 33.7. The van der Waals surface area contributed by atoms with Crippen molar-refractivity contribution in [2.45, 2.75) is 27.7 Å². The molecule has 8 nitrogen and oxygen atoms in total. The van der Waals surface area contributed by atoms with E-state index < -0.39 is 11.9 Å². The summed E-state index contributed by atoms with van der Waals surface area (Å²) < 4.78 is 9.64. The Morgan fingerprint density at radius 1 is 0.703 bits per heavy atom. The van der Waals surface area contributed by atoms with Crippen LogP contribution in [0, 0.1) is 0 Å². The number of benzene rings is 2. The first-order chi connectivity index (χ1) is 17.1. The molecule has 0 fully saturated rings. The zero-order valence-corrected chi connectivity index (χ0v) is 23.4. The molecule has 0 saturated heterocycles. The maximum absolute atomic E-state index is 11.6. The predicted molar refractivity (Wildman–Crippen MR) is 146 cm³/mol. The van der Waals surface area contributed by atoms with Crippen LogP contribution in [0.15, 0.2) is 93.3 Å². The van der Waals surface area contributed by atoms with Crippen LogP contribution in [0.4, 0.5) is 11.4 Å². The Balaban J connectivity index is 0.000000682. The number of ether oxygens (including phenoxy) is 2. The van der Waals surface area contributed by atoms with E-state index in [2.05, 4.69) is 9.98 Å². The van der Waals surface area contributed by atoms with Gasteiger partial charge in [0.2, 0.25) is 0 Å². The molecule has 0 aliphatic heterocycles. The standard InChI is InChI=1S/2C13H15NO3S.Co/c2*1-3-17-13(16)11(9(2)15)12(18)14-10-7-5-4-6-8-10;/h2*4-8,15H,3H2,1-2H3,(H,14,18);/q;;+2/p-2/b2*11-9+;. The third-order valence-corrected chi connectivity index (χ3v) is 4.67. The van der Waals surface area contributed by atoms with E-state index in [9.17, 15) is 19.8 Å². The van der Waals surface area contributed by atoms with Gasteiger partial charge in [-0.15, -0.1) is 0 Å². The first-order valence-electron chi connectivity index (χ1n) is 10.9. The molecule has 37 heavy (non-hydrogen) atoms. The topological polar surface area (TPSA) is 118 Å². The minimum Gasteiger partial charge on any atom is -0.759 e. The molecule has 1 radical (unpaired) electrons. The first-order valence-corrected chi connectivity index (χ1v) is 11.7. The zero-order valence-electron chi connectivity index (χ0n) is 20.8. The molecule has 0 aliphatic carbocycles. The van der Waals surface area contributed by atoms with Crippen LogP contribution in [-0.2, 0) is 61.1 Å². The Morgan fingerprint density at radius 3 is 1.24 bits per heavy atom. The number of hydrogen-bond donors (Lipinski definition) is 2. The number of allylic oxidation sites excluding steroid dienone is 2. The molecule has 0 aromatic heterocycles. The minimum atomic E-state index is -0.665. The summed E-state index contributed by atoms with van der Waals surface area (Å²) in [7, 11) is 0. The summed E-state index contributed by atoms with van der Waals surface area (Å²) in [6, 6.07) is 17.9. The van der Waals surface area contributed by atoms with Crippen LogP contribution in [-0.4, -0.2) is 45.5 Å². The fourth-order valence-corrected chi connectivity index (χ4v) is 3.21. The number of aliphatic hydroxyl groups is 2. The summed E-state index contributed by atoms with van der Waals surface area (Å²) in [6.45, 7) is 6.53. The van der Waals surface area contributed by atoms with Gasteiger partial charge in [0.25, 0.3) is 0 Å². The van der Waals surface area contributed by atoms with E-state index in [-0.39, 0.29) is 62.7 Å². The molecular weight excluding hydrogens is 559 g/mol. The van der Waals surface area contributed by atoms with Gasteiger partial charge in [0, 0.05) is 0 Å². The van der Waals surface area contributed by atoms with Crippen molar-refractivity contribution in [3.8, 4) is 0 Å². The molecule has 0 saturated carbocycles. The number of carbonyl (C=O) groups is 2. The van der Waals surface area contributed by atoms with Gasteiger partial charge in [-0.1, -0.05) is 46.5 Å². The molecule has 0 aliphatic rings. The average molecular weight is 588 g/mol. The summed E-state index contributed by atoms with van der Waals surface area (Å²) in [4.78, 5) is 31.5. The van der Waals surface area contributed by atoms with Crippen molar-refractivity contribution < 1.29 is 46.1 Å². The Bertz CT molecular complexity index is 1050. The molecule has 0 atom stereocenters. The molecule has 0 amide bonds. The van der Waals surface area contributed by atoms with Crippen molar-refractivity contribution in [3.63, 3.8) is 0 Å². The van der Waals surface area contributed by atoms with E-state index in [1.807, 2.05) is 12.1 Å². The van der Waals surface area contributed by atoms with Crippen molar-refractivity contribution >= 4 is 58.7 Å². The molecule has 0 spiro atoms. The third-order valence-electron chi connectivity index (χ3n) is 4.08. The Morgan fingerprint density at radius 2 is 1.00 bits per heavy atom. The number of aliphatic imine (C=N–C) groups is 2. The summed E-state index contributed by atoms with van der Waals surface area (Å²) >= 11 is 10.1. The number of aliphatic hydroxyl groups excluding tert-OH is 2. The van der Waals surface area contributed by atoms with Gasteiger partial charge >= 0.3 is 28.7 Å². The number of carbonyl (C=O) groups excluding carboxylic acids is 2. The maximum atomic E-state index is 11.6. The predicted octanol–water partition coefficient (Wildman–Crippen LogP) is 5.31. The van der Waals surface area contributed by atoms with Crippen molar-refractivity contribution in [1.29, 1.82) is 0 Å². The quantitative estimate of drug-likeness (QED) is 0.107. The van der Waals surface area contributed by atoms with E-state index in [1.54, 1.807) is 62.4 Å². The van der Waals surface area contributed by atoms with Crippen LogP contribution < -0.4 is 0 Å². The van der Waals surface area contributed by atoms with E-state index in [4.69, 9.17) is 34.7 Å². The Labute approximate surface area is 238 Å². The number of nitrogens with zero attached hydrogens (tertiary/aromatic N) is 2. The van der Waals surface area contributed by atoms with E-state index >= 15 is 0 Å². The van der Waals surface area contributed by atoms with E-state index in [1.165, 1.54) is 13.8 Å². The fourth-order valence-electron chi connectivity index (χ4n) is 2.54. The molecule has 199 valence electrons. The van der Waals surface area contributed by atoms with Gasteiger partial charge in [-0.3, -0.25) is 9.98 Å². The van der Waals surface area contributed by atoms with Crippen LogP contribution in [0.5, 0.6) is 0 Å². The molecule has 0 heterocycles. The van der Waals surface area contributed by atoms with Crippen molar-refractivity contribution in [3.05, 3.63) is 83.3 Å². The number of para-hydroxylation sites is 2. The Hall–Kier alpha value is -3.25. The van der Waals surface area contributed by atoms with Crippen LogP contribution >= 0.6 is 0 Å². The van der Waals surface area contributed by atoms with Crippen LogP contribution in [0.2, 0.25) is 0 Å². The summed E-state index contributed by atoms with van der Waals surface area (Å²) in [6.07, 6.45) is 0. The largest absolute Gasteiger partial charge is 2.00 e. The number of rotatable bonds is 8. The van der Waals surface area contributed by atoms with Gasteiger partial charge in [-0.05, 0) is 52.0 Å². The van der Waals surface area contributed by atoms with Crippen LogP contribution in [0.1, 0.15) is 27.7 Å². The maximum Gasteiger partial charge on any atom is 2.00 e. The van der Waals surface area contributed by atoms with Crippen LogP contribution in [0.3, 0.4) is 0 Å².